The maximum Gasteiger partial charge on any atom is 0.329 e. The number of nitrogens with zero attached hydrogens (tertiary/aromatic N) is 1. The fourth-order valence-electron chi connectivity index (χ4n) is 2.71. The van der Waals surface area contributed by atoms with Gasteiger partial charge in [0.15, 0.2) is 11.7 Å². The van der Waals surface area contributed by atoms with E-state index < -0.39 is 17.6 Å². The zero-order chi connectivity index (χ0) is 20.7. The molecule has 2 rings (SSSR count). The molecule has 0 radical (unpaired) electrons. The van der Waals surface area contributed by atoms with Crippen molar-refractivity contribution in [3.63, 3.8) is 0 Å². The van der Waals surface area contributed by atoms with Crippen molar-refractivity contribution in [2.45, 2.75) is 65.5 Å². The predicted molar refractivity (Wildman–Crippen MR) is 107 cm³/mol. The summed E-state index contributed by atoms with van der Waals surface area (Å²) >= 11 is 0. The number of hydrogen-bond donors (Lipinski definition) is 1. The van der Waals surface area contributed by atoms with E-state index in [0.29, 0.717) is 24.5 Å². The van der Waals surface area contributed by atoms with Gasteiger partial charge in [-0.2, -0.15) is 0 Å². The normalized spacial score (nSPS) is 12.6. The largest absolute Gasteiger partial charge is 0.458 e. The number of amides is 1. The van der Waals surface area contributed by atoms with Gasteiger partial charge in [0.2, 0.25) is 5.91 Å². The number of rotatable bonds is 8. The molecule has 2 aromatic rings. The number of carbonyl (C=O) groups excluding carboxylic acids is 2. The molecule has 1 heterocycles. The zero-order valence-corrected chi connectivity index (χ0v) is 17.3. The first kappa shape index (κ1) is 21.7. The Morgan fingerprint density at radius 3 is 2.46 bits per heavy atom. The van der Waals surface area contributed by atoms with Crippen LogP contribution >= 0.6 is 0 Å². The van der Waals surface area contributed by atoms with Crippen LogP contribution in [0.4, 0.5) is 0 Å². The molecule has 28 heavy (non-hydrogen) atoms. The third-order valence-electron chi connectivity index (χ3n) is 3.91. The molecule has 0 fully saturated rings. The summed E-state index contributed by atoms with van der Waals surface area (Å²) in [5.74, 6) is 0.778. The van der Waals surface area contributed by atoms with Gasteiger partial charge in [-0.15, -0.1) is 0 Å². The molecule has 0 aliphatic carbocycles. The van der Waals surface area contributed by atoms with Gasteiger partial charge in [0, 0.05) is 18.4 Å². The van der Waals surface area contributed by atoms with Crippen molar-refractivity contribution in [2.24, 2.45) is 5.92 Å². The SMILES string of the molecule is CC(C)C[C@H](NC(=O)CCc1ncc(-c2ccccc2)o1)C(=O)OC(C)(C)C. The molecule has 0 saturated carbocycles. The summed E-state index contributed by atoms with van der Waals surface area (Å²) in [5, 5.41) is 2.80. The third kappa shape index (κ3) is 7.18. The average Bonchev–Trinajstić information content (AvgIpc) is 3.07. The van der Waals surface area contributed by atoms with Gasteiger partial charge < -0.3 is 14.5 Å². The van der Waals surface area contributed by atoms with Crippen LogP contribution in [0.25, 0.3) is 11.3 Å². The van der Waals surface area contributed by atoms with E-state index in [2.05, 4.69) is 10.3 Å². The van der Waals surface area contributed by atoms with E-state index in [9.17, 15) is 9.59 Å². The molecule has 1 N–H and O–H groups in total. The van der Waals surface area contributed by atoms with Crippen LogP contribution in [0.2, 0.25) is 0 Å². The summed E-state index contributed by atoms with van der Waals surface area (Å²) in [5.41, 5.74) is 0.343. The zero-order valence-electron chi connectivity index (χ0n) is 17.3. The Kier molecular flexibility index (Phi) is 7.38. The highest BCUT2D eigenvalue weighted by atomic mass is 16.6. The predicted octanol–water partition coefficient (Wildman–Crippen LogP) is 4.15. The molecule has 1 amide bonds. The number of hydrogen-bond acceptors (Lipinski definition) is 5. The van der Waals surface area contributed by atoms with E-state index in [1.54, 1.807) is 6.20 Å². The number of nitrogens with one attached hydrogen (secondary N) is 1. The molecule has 0 saturated heterocycles. The van der Waals surface area contributed by atoms with Gasteiger partial charge >= 0.3 is 5.97 Å². The minimum atomic E-state index is -0.656. The van der Waals surface area contributed by atoms with Crippen molar-refractivity contribution in [3.8, 4) is 11.3 Å². The number of oxazole rings is 1. The Morgan fingerprint density at radius 1 is 1.18 bits per heavy atom. The summed E-state index contributed by atoms with van der Waals surface area (Å²) in [6.45, 7) is 9.44. The van der Waals surface area contributed by atoms with Crippen molar-refractivity contribution in [1.29, 1.82) is 0 Å². The lowest BCUT2D eigenvalue weighted by Gasteiger charge is -2.25. The van der Waals surface area contributed by atoms with E-state index in [0.717, 1.165) is 5.56 Å². The number of ether oxygens (including phenoxy) is 1. The van der Waals surface area contributed by atoms with E-state index in [1.807, 2.05) is 65.0 Å². The topological polar surface area (TPSA) is 81.4 Å². The van der Waals surface area contributed by atoms with Crippen molar-refractivity contribution in [3.05, 3.63) is 42.4 Å². The van der Waals surface area contributed by atoms with Crippen LogP contribution < -0.4 is 5.32 Å². The van der Waals surface area contributed by atoms with Gasteiger partial charge in [-0.3, -0.25) is 4.79 Å². The molecule has 6 heteroatoms. The summed E-state index contributed by atoms with van der Waals surface area (Å²) in [4.78, 5) is 29.0. The van der Waals surface area contributed by atoms with Crippen molar-refractivity contribution in [1.82, 2.24) is 10.3 Å². The van der Waals surface area contributed by atoms with Gasteiger partial charge in [-0.05, 0) is 33.1 Å². The van der Waals surface area contributed by atoms with Crippen LogP contribution in [-0.4, -0.2) is 28.5 Å². The molecule has 1 aromatic carbocycles. The fraction of sp³-hybridized carbons (Fsp3) is 0.500. The molecule has 1 atom stereocenters. The molecule has 0 aliphatic heterocycles. The second kappa shape index (κ2) is 9.53. The summed E-state index contributed by atoms with van der Waals surface area (Å²) < 4.78 is 11.2. The molecule has 6 nitrogen and oxygen atoms in total. The van der Waals surface area contributed by atoms with Gasteiger partial charge in [0.05, 0.1) is 6.20 Å². The van der Waals surface area contributed by atoms with Gasteiger partial charge in [0.25, 0.3) is 0 Å². The summed E-state index contributed by atoms with van der Waals surface area (Å²) in [7, 11) is 0. The molecule has 0 spiro atoms. The van der Waals surface area contributed by atoms with Gasteiger partial charge in [-0.1, -0.05) is 44.2 Å². The maximum atomic E-state index is 12.4. The first-order valence-electron chi connectivity index (χ1n) is 9.66. The summed E-state index contributed by atoms with van der Waals surface area (Å²) in [6, 6.07) is 9.01. The van der Waals surface area contributed by atoms with Crippen LogP contribution in [0, 0.1) is 5.92 Å². The second-order valence-corrected chi connectivity index (χ2v) is 8.27. The van der Waals surface area contributed by atoms with E-state index in [1.165, 1.54) is 0 Å². The summed E-state index contributed by atoms with van der Waals surface area (Å²) in [6.07, 6.45) is 2.73. The van der Waals surface area contributed by atoms with E-state index in [-0.39, 0.29) is 18.2 Å². The highest BCUT2D eigenvalue weighted by Gasteiger charge is 2.27. The number of aryl methyl sites for hydroxylation is 1. The first-order valence-corrected chi connectivity index (χ1v) is 9.66. The molecule has 1 aromatic heterocycles. The number of aromatic nitrogens is 1. The Bertz CT molecular complexity index is 775. The number of carbonyl (C=O) groups is 2. The van der Waals surface area contributed by atoms with E-state index >= 15 is 0 Å². The Morgan fingerprint density at radius 2 is 1.86 bits per heavy atom. The van der Waals surface area contributed by atoms with Gasteiger partial charge in [-0.25, -0.2) is 9.78 Å². The third-order valence-corrected chi connectivity index (χ3v) is 3.91. The Hall–Kier alpha value is -2.63. The minimum absolute atomic E-state index is 0.187. The molecule has 152 valence electrons. The fourth-order valence-corrected chi connectivity index (χ4v) is 2.71. The van der Waals surface area contributed by atoms with Gasteiger partial charge in [0.1, 0.15) is 11.6 Å². The standard InChI is InChI=1S/C22H30N2O4/c1-15(2)13-17(21(26)28-22(3,4)5)24-19(25)11-12-20-23-14-18(27-20)16-9-7-6-8-10-16/h6-10,14-15,17H,11-13H2,1-5H3,(H,24,25)/t17-/m0/s1. The lowest BCUT2D eigenvalue weighted by Crippen LogP contribution is -2.45. The Balaban J connectivity index is 1.92. The lowest BCUT2D eigenvalue weighted by molar-refractivity contribution is -0.159. The quantitative estimate of drug-likeness (QED) is 0.689. The van der Waals surface area contributed by atoms with Crippen LogP contribution in [0.5, 0.6) is 0 Å². The van der Waals surface area contributed by atoms with Crippen LogP contribution in [0.3, 0.4) is 0 Å². The average molecular weight is 386 g/mol. The number of benzene rings is 1. The lowest BCUT2D eigenvalue weighted by atomic mass is 10.0. The highest BCUT2D eigenvalue weighted by molar-refractivity contribution is 5.84. The maximum absolute atomic E-state index is 12.4. The van der Waals surface area contributed by atoms with Crippen LogP contribution in [0.1, 0.15) is 53.4 Å². The van der Waals surface area contributed by atoms with Crippen LogP contribution in [0.15, 0.2) is 40.9 Å². The van der Waals surface area contributed by atoms with Crippen molar-refractivity contribution >= 4 is 11.9 Å². The van der Waals surface area contributed by atoms with Crippen molar-refractivity contribution in [2.75, 3.05) is 0 Å². The van der Waals surface area contributed by atoms with Crippen molar-refractivity contribution < 1.29 is 18.7 Å². The number of esters is 1. The smallest absolute Gasteiger partial charge is 0.329 e. The van der Waals surface area contributed by atoms with Crippen LogP contribution in [-0.2, 0) is 20.7 Å². The first-order chi connectivity index (χ1) is 13.1. The highest BCUT2D eigenvalue weighted by Crippen LogP contribution is 2.20. The Labute approximate surface area is 166 Å². The second-order valence-electron chi connectivity index (χ2n) is 8.27. The molecular formula is C22H30N2O4. The molecule has 0 unspecified atom stereocenters. The monoisotopic (exact) mass is 386 g/mol. The molecule has 0 aliphatic rings. The minimum Gasteiger partial charge on any atom is -0.458 e. The molecular weight excluding hydrogens is 356 g/mol. The van der Waals surface area contributed by atoms with E-state index in [4.69, 9.17) is 9.15 Å². The molecule has 0 bridgehead atoms.